The van der Waals surface area contributed by atoms with Gasteiger partial charge in [0.25, 0.3) is 0 Å². The third kappa shape index (κ3) is 4.57. The van der Waals surface area contributed by atoms with Crippen molar-refractivity contribution in [3.05, 3.63) is 28.2 Å². The van der Waals surface area contributed by atoms with E-state index in [1.54, 1.807) is 14.1 Å². The van der Waals surface area contributed by atoms with Crippen molar-refractivity contribution in [3.8, 4) is 0 Å². The van der Waals surface area contributed by atoms with Crippen LogP contribution in [0.3, 0.4) is 0 Å². The number of hydrogen-bond donors (Lipinski definition) is 0. The fourth-order valence-corrected chi connectivity index (χ4v) is 3.70. The summed E-state index contributed by atoms with van der Waals surface area (Å²) in [4.78, 5) is 13.0. The number of likely N-dealkylation sites (N-methyl/N-ethyl adjacent to an activating group) is 1. The zero-order valence-corrected chi connectivity index (χ0v) is 14.9. The molecule has 0 atom stereocenters. The van der Waals surface area contributed by atoms with Crippen molar-refractivity contribution in [2.24, 2.45) is 0 Å². The molecule has 0 saturated heterocycles. The van der Waals surface area contributed by atoms with Gasteiger partial charge in [0.15, 0.2) is 0 Å². The smallest absolute Gasteiger partial charge is 0.245 e. The van der Waals surface area contributed by atoms with Gasteiger partial charge in [0.1, 0.15) is 4.90 Å². The highest BCUT2D eigenvalue weighted by Crippen LogP contribution is 2.30. The Kier molecular flexibility index (Phi) is 7.08. The van der Waals surface area contributed by atoms with Crippen LogP contribution < -0.4 is 0 Å². The summed E-state index contributed by atoms with van der Waals surface area (Å²) in [6.07, 6.45) is 0. The Morgan fingerprint density at radius 3 is 2.45 bits per heavy atom. The van der Waals surface area contributed by atoms with Crippen LogP contribution in [0.15, 0.2) is 23.1 Å². The maximum absolute atomic E-state index is 12.7. The molecular weight excluding hydrogens is 351 g/mol. The van der Waals surface area contributed by atoms with Crippen LogP contribution in [0.1, 0.15) is 0 Å². The maximum Gasteiger partial charge on any atom is 0.245 e. The average molecular weight is 369 g/mol. The van der Waals surface area contributed by atoms with Gasteiger partial charge in [0.2, 0.25) is 15.9 Å². The predicted octanol–water partition coefficient (Wildman–Crippen LogP) is 1.72. The lowest BCUT2D eigenvalue weighted by Gasteiger charge is -2.23. The molecule has 22 heavy (non-hydrogen) atoms. The number of halogens is 2. The van der Waals surface area contributed by atoms with Gasteiger partial charge in [-0.3, -0.25) is 4.79 Å². The summed E-state index contributed by atoms with van der Waals surface area (Å²) in [5.74, 6) is -0.349. The number of hydrogen-bond acceptors (Lipinski definition) is 4. The zero-order chi connectivity index (χ0) is 16.9. The van der Waals surface area contributed by atoms with Crippen LogP contribution in [0, 0.1) is 0 Å². The van der Waals surface area contributed by atoms with E-state index in [2.05, 4.69) is 0 Å². The number of carbonyl (C=O) groups is 1. The highest BCUT2D eigenvalue weighted by molar-refractivity contribution is 7.89. The van der Waals surface area contributed by atoms with E-state index >= 15 is 0 Å². The van der Waals surface area contributed by atoms with Crippen molar-refractivity contribution < 1.29 is 17.9 Å². The number of nitrogens with zero attached hydrogens (tertiary/aromatic N) is 2. The molecule has 0 fully saturated rings. The second-order valence-electron chi connectivity index (χ2n) is 4.67. The van der Waals surface area contributed by atoms with Crippen LogP contribution in [0.5, 0.6) is 0 Å². The topological polar surface area (TPSA) is 66.9 Å². The summed E-state index contributed by atoms with van der Waals surface area (Å²) in [5, 5.41) is 0.0669. The Morgan fingerprint density at radius 1 is 1.27 bits per heavy atom. The second-order valence-corrected chi connectivity index (χ2v) is 7.36. The van der Waals surface area contributed by atoms with E-state index in [9.17, 15) is 13.2 Å². The molecule has 0 spiro atoms. The highest BCUT2D eigenvalue weighted by atomic mass is 35.5. The Balaban J connectivity index is 3.20. The molecule has 0 saturated carbocycles. The van der Waals surface area contributed by atoms with Crippen LogP contribution in [-0.2, 0) is 19.6 Å². The molecular formula is C13H18Cl2N2O4S. The van der Waals surface area contributed by atoms with Crippen molar-refractivity contribution >= 4 is 39.1 Å². The molecule has 1 aromatic carbocycles. The van der Waals surface area contributed by atoms with Crippen molar-refractivity contribution in [1.82, 2.24) is 9.21 Å². The molecule has 0 bridgehead atoms. The largest absolute Gasteiger partial charge is 0.383 e. The Labute approximate surface area is 140 Å². The Hall–Kier alpha value is -0.860. The SMILES string of the molecule is COCCN(CC(=O)N(C)C)S(=O)(=O)c1cccc(Cl)c1Cl. The third-order valence-electron chi connectivity index (χ3n) is 2.89. The van der Waals surface area contributed by atoms with Gasteiger partial charge in [0, 0.05) is 27.7 Å². The van der Waals surface area contributed by atoms with Crippen LogP contribution in [0.25, 0.3) is 0 Å². The van der Waals surface area contributed by atoms with Crippen molar-refractivity contribution in [2.75, 3.05) is 40.9 Å². The lowest BCUT2D eigenvalue weighted by molar-refractivity contribution is -0.128. The molecule has 1 amide bonds. The van der Waals surface area contributed by atoms with Gasteiger partial charge < -0.3 is 9.64 Å². The van der Waals surface area contributed by atoms with E-state index in [0.717, 1.165) is 4.31 Å². The lowest BCUT2D eigenvalue weighted by Crippen LogP contribution is -2.41. The molecule has 0 aromatic heterocycles. The fraction of sp³-hybridized carbons (Fsp3) is 0.462. The summed E-state index contributed by atoms with van der Waals surface area (Å²) >= 11 is 11.9. The molecule has 0 heterocycles. The second kappa shape index (κ2) is 8.12. The number of rotatable bonds is 7. The minimum Gasteiger partial charge on any atom is -0.383 e. The normalized spacial score (nSPS) is 11.7. The first-order chi connectivity index (χ1) is 10.2. The Bertz CT molecular complexity index is 635. The van der Waals surface area contributed by atoms with E-state index < -0.39 is 10.0 Å². The van der Waals surface area contributed by atoms with Gasteiger partial charge in [-0.05, 0) is 12.1 Å². The monoisotopic (exact) mass is 368 g/mol. The van der Waals surface area contributed by atoms with E-state index in [1.807, 2.05) is 0 Å². The highest BCUT2D eigenvalue weighted by Gasteiger charge is 2.29. The van der Waals surface area contributed by atoms with Gasteiger partial charge in [-0.15, -0.1) is 0 Å². The first kappa shape index (κ1) is 19.2. The molecule has 0 radical (unpaired) electrons. The van der Waals surface area contributed by atoms with E-state index in [1.165, 1.54) is 30.2 Å². The minimum absolute atomic E-state index is 0.0290. The van der Waals surface area contributed by atoms with E-state index in [0.29, 0.717) is 0 Å². The molecule has 6 nitrogen and oxygen atoms in total. The standard InChI is InChI=1S/C13H18Cl2N2O4S/c1-16(2)12(18)9-17(7-8-21-3)22(19,20)11-6-4-5-10(14)13(11)15/h4-6H,7-9H2,1-3H3. The molecule has 9 heteroatoms. The van der Waals surface area contributed by atoms with Gasteiger partial charge in [-0.1, -0.05) is 29.3 Å². The van der Waals surface area contributed by atoms with E-state index in [-0.39, 0.29) is 40.5 Å². The summed E-state index contributed by atoms with van der Waals surface area (Å²) < 4.78 is 31.4. The van der Waals surface area contributed by atoms with Gasteiger partial charge in [-0.25, -0.2) is 8.42 Å². The molecule has 0 aliphatic heterocycles. The summed E-state index contributed by atoms with van der Waals surface area (Å²) in [6.45, 7) is -0.124. The minimum atomic E-state index is -3.97. The molecule has 0 aliphatic rings. The molecule has 0 unspecified atom stereocenters. The van der Waals surface area contributed by atoms with Gasteiger partial charge >= 0.3 is 0 Å². The van der Waals surface area contributed by atoms with Crippen molar-refractivity contribution in [2.45, 2.75) is 4.90 Å². The molecule has 1 aromatic rings. The summed E-state index contributed by atoms with van der Waals surface area (Å²) in [5.41, 5.74) is 0. The molecule has 1 rings (SSSR count). The quantitative estimate of drug-likeness (QED) is 0.734. The summed E-state index contributed by atoms with van der Waals surface area (Å²) in [7, 11) is 0.587. The number of methoxy groups -OCH3 is 1. The van der Waals surface area contributed by atoms with Crippen LogP contribution in [0.4, 0.5) is 0 Å². The average Bonchev–Trinajstić information content (AvgIpc) is 2.45. The Morgan fingerprint density at radius 2 is 1.91 bits per heavy atom. The number of ether oxygens (including phenoxy) is 1. The van der Waals surface area contributed by atoms with Crippen LogP contribution >= 0.6 is 23.2 Å². The van der Waals surface area contributed by atoms with Crippen LogP contribution in [-0.4, -0.2) is 64.4 Å². The van der Waals surface area contributed by atoms with Gasteiger partial charge in [-0.2, -0.15) is 4.31 Å². The number of carbonyl (C=O) groups excluding carboxylic acids is 1. The van der Waals surface area contributed by atoms with E-state index in [4.69, 9.17) is 27.9 Å². The number of sulfonamides is 1. The number of amides is 1. The van der Waals surface area contributed by atoms with Crippen molar-refractivity contribution in [3.63, 3.8) is 0 Å². The lowest BCUT2D eigenvalue weighted by atomic mass is 10.4. The number of benzene rings is 1. The summed E-state index contributed by atoms with van der Waals surface area (Å²) in [6, 6.07) is 4.33. The zero-order valence-electron chi connectivity index (χ0n) is 12.5. The van der Waals surface area contributed by atoms with Crippen molar-refractivity contribution in [1.29, 1.82) is 0 Å². The third-order valence-corrected chi connectivity index (χ3v) is 5.71. The molecule has 0 aliphatic carbocycles. The predicted molar refractivity (Wildman–Crippen MR) is 85.8 cm³/mol. The first-order valence-electron chi connectivity index (χ1n) is 6.35. The molecule has 0 N–H and O–H groups in total. The van der Waals surface area contributed by atoms with Gasteiger partial charge in [0.05, 0.1) is 23.2 Å². The maximum atomic E-state index is 12.7. The van der Waals surface area contributed by atoms with Crippen LogP contribution in [0.2, 0.25) is 10.0 Å². The molecule has 124 valence electrons. The first-order valence-corrected chi connectivity index (χ1v) is 8.54. The fourth-order valence-electron chi connectivity index (χ4n) is 1.59.